The number of hydrogen-bond donors (Lipinski definition) is 2. The summed E-state index contributed by atoms with van der Waals surface area (Å²) in [6.07, 6.45) is 1.11. The molecule has 0 fully saturated rings. The van der Waals surface area contributed by atoms with Gasteiger partial charge in [0.1, 0.15) is 17.9 Å². The van der Waals surface area contributed by atoms with Crippen LogP contribution in [0.4, 0.5) is 0 Å². The van der Waals surface area contributed by atoms with Crippen molar-refractivity contribution in [2.45, 2.75) is 52.2 Å². The van der Waals surface area contributed by atoms with E-state index in [1.165, 1.54) is 0 Å². The van der Waals surface area contributed by atoms with Gasteiger partial charge < -0.3 is 20.4 Å². The molecular formula is C13H24ClNO5. The van der Waals surface area contributed by atoms with E-state index in [2.05, 4.69) is 0 Å². The molecule has 0 aromatic rings. The molecule has 0 saturated carbocycles. The third-order valence-electron chi connectivity index (χ3n) is 1.97. The molecule has 0 aliphatic carbocycles. The highest BCUT2D eigenvalue weighted by molar-refractivity contribution is 6.24. The molecule has 3 N–H and O–H groups in total. The zero-order valence-corrected chi connectivity index (χ0v) is 13.1. The number of hydrogen-bond acceptors (Lipinski definition) is 5. The Morgan fingerprint density at radius 1 is 1.40 bits per heavy atom. The van der Waals surface area contributed by atoms with Crippen molar-refractivity contribution in [3.8, 4) is 0 Å². The van der Waals surface area contributed by atoms with Crippen molar-refractivity contribution in [2.24, 2.45) is 11.7 Å². The van der Waals surface area contributed by atoms with Crippen LogP contribution in [-0.4, -0.2) is 40.9 Å². The third-order valence-corrected chi connectivity index (χ3v) is 2.10. The van der Waals surface area contributed by atoms with Crippen LogP contribution in [0.2, 0.25) is 0 Å². The van der Waals surface area contributed by atoms with Crippen molar-refractivity contribution >= 4 is 29.8 Å². The molecule has 6 nitrogen and oxygen atoms in total. The Bertz CT molecular complexity index is 314. The van der Waals surface area contributed by atoms with E-state index < -0.39 is 17.6 Å². The van der Waals surface area contributed by atoms with Crippen LogP contribution in [0.5, 0.6) is 0 Å². The number of carbonyl (C=O) groups excluding carboxylic acids is 2. The van der Waals surface area contributed by atoms with E-state index in [-0.39, 0.29) is 30.6 Å². The molecule has 0 heterocycles. The molecule has 0 bridgehead atoms. The summed E-state index contributed by atoms with van der Waals surface area (Å²) in [5, 5.41) is 8.61. The van der Waals surface area contributed by atoms with E-state index in [1.807, 2.05) is 0 Å². The van der Waals surface area contributed by atoms with Crippen LogP contribution in [0, 0.1) is 5.92 Å². The predicted octanol–water partition coefficient (Wildman–Crippen LogP) is 1.58. The standard InChI is InChI=1S/C11H21NO4.C2H3ClO/c1-7(5-8(12)10(14)15)6-9(13)16-11(2,3)4;3-1-2-4/h7-8H,5-6,12H2,1-4H3,(H,14,15);2H,1H2/t7?,8-;/m0./s1. The van der Waals surface area contributed by atoms with Crippen LogP contribution in [-0.2, 0) is 19.1 Å². The summed E-state index contributed by atoms with van der Waals surface area (Å²) >= 11 is 4.82. The summed E-state index contributed by atoms with van der Waals surface area (Å²) < 4.78 is 5.12. The quantitative estimate of drug-likeness (QED) is 0.438. The molecule has 0 aliphatic heterocycles. The third kappa shape index (κ3) is 14.9. The second-order valence-corrected chi connectivity index (χ2v) is 5.71. The van der Waals surface area contributed by atoms with Crippen molar-refractivity contribution in [3.63, 3.8) is 0 Å². The molecule has 0 aromatic heterocycles. The fourth-order valence-electron chi connectivity index (χ4n) is 1.29. The molecule has 0 saturated heterocycles. The normalized spacial score (nSPS) is 13.5. The van der Waals surface area contributed by atoms with Crippen molar-refractivity contribution < 1.29 is 24.2 Å². The summed E-state index contributed by atoms with van der Waals surface area (Å²) in [5.74, 6) is -1.35. The number of alkyl halides is 1. The monoisotopic (exact) mass is 309 g/mol. The first-order chi connectivity index (χ1) is 9.03. The number of carboxylic acids is 1. The number of rotatable bonds is 6. The summed E-state index contributed by atoms with van der Waals surface area (Å²) in [4.78, 5) is 31.0. The first kappa shape index (κ1) is 21.2. The zero-order valence-electron chi connectivity index (χ0n) is 12.4. The number of aldehydes is 1. The molecule has 0 spiro atoms. The molecule has 1 unspecified atom stereocenters. The van der Waals surface area contributed by atoms with Crippen LogP contribution in [0.1, 0.15) is 40.5 Å². The Labute approximate surface area is 124 Å². The van der Waals surface area contributed by atoms with Crippen LogP contribution >= 0.6 is 11.6 Å². The number of halogens is 1. The number of aliphatic carboxylic acids is 1. The maximum atomic E-state index is 11.4. The van der Waals surface area contributed by atoms with Gasteiger partial charge in [-0.1, -0.05) is 6.92 Å². The molecule has 0 aromatic carbocycles. The Hall–Kier alpha value is -1.14. The van der Waals surface area contributed by atoms with Gasteiger partial charge in [0.25, 0.3) is 0 Å². The number of esters is 1. The number of nitrogens with two attached hydrogens (primary N) is 1. The van der Waals surface area contributed by atoms with Crippen molar-refractivity contribution in [3.05, 3.63) is 0 Å². The van der Waals surface area contributed by atoms with E-state index >= 15 is 0 Å². The van der Waals surface area contributed by atoms with Gasteiger partial charge in [0.05, 0.1) is 5.88 Å². The van der Waals surface area contributed by atoms with Gasteiger partial charge in [-0.15, -0.1) is 11.6 Å². The lowest BCUT2D eigenvalue weighted by Crippen LogP contribution is -2.33. The second kappa shape index (κ2) is 10.6. The minimum absolute atomic E-state index is 0.0963. The van der Waals surface area contributed by atoms with Crippen molar-refractivity contribution in [1.29, 1.82) is 0 Å². The molecular weight excluding hydrogens is 286 g/mol. The van der Waals surface area contributed by atoms with Crippen molar-refractivity contribution in [1.82, 2.24) is 0 Å². The summed E-state index contributed by atoms with van der Waals surface area (Å²) in [6, 6.07) is -0.919. The highest BCUT2D eigenvalue weighted by atomic mass is 35.5. The first-order valence-corrected chi connectivity index (χ1v) is 6.76. The van der Waals surface area contributed by atoms with E-state index in [4.69, 9.17) is 32.0 Å². The second-order valence-electron chi connectivity index (χ2n) is 5.40. The Morgan fingerprint density at radius 3 is 2.15 bits per heavy atom. The highest BCUT2D eigenvalue weighted by Crippen LogP contribution is 2.14. The molecule has 0 rings (SSSR count). The number of carbonyl (C=O) groups is 3. The highest BCUT2D eigenvalue weighted by Gasteiger charge is 2.21. The Kier molecular flexibility index (Phi) is 11.2. The minimum Gasteiger partial charge on any atom is -0.480 e. The summed E-state index contributed by atoms with van der Waals surface area (Å²) in [5.41, 5.74) is 4.86. The van der Waals surface area contributed by atoms with Gasteiger partial charge in [-0.2, -0.15) is 0 Å². The lowest BCUT2D eigenvalue weighted by molar-refractivity contribution is -0.156. The van der Waals surface area contributed by atoms with Crippen LogP contribution < -0.4 is 5.73 Å². The largest absolute Gasteiger partial charge is 0.480 e. The first-order valence-electron chi connectivity index (χ1n) is 6.23. The maximum absolute atomic E-state index is 11.4. The fourth-order valence-corrected chi connectivity index (χ4v) is 1.29. The number of ether oxygens (including phenoxy) is 1. The zero-order chi connectivity index (χ0) is 16.3. The number of carboxylic acid groups (broad SMARTS) is 1. The minimum atomic E-state index is -1.05. The maximum Gasteiger partial charge on any atom is 0.320 e. The lowest BCUT2D eigenvalue weighted by atomic mass is 9.99. The van der Waals surface area contributed by atoms with Crippen molar-refractivity contribution in [2.75, 3.05) is 5.88 Å². The topological polar surface area (TPSA) is 107 Å². The van der Waals surface area contributed by atoms with Gasteiger partial charge in [0.2, 0.25) is 0 Å². The van der Waals surface area contributed by atoms with E-state index in [9.17, 15) is 9.59 Å². The summed E-state index contributed by atoms with van der Waals surface area (Å²) in [7, 11) is 0. The van der Waals surface area contributed by atoms with Gasteiger partial charge in [-0.25, -0.2) is 0 Å². The molecule has 0 amide bonds. The van der Waals surface area contributed by atoms with Gasteiger partial charge in [0.15, 0.2) is 0 Å². The van der Waals surface area contributed by atoms with Crippen LogP contribution in [0.15, 0.2) is 0 Å². The predicted molar refractivity (Wildman–Crippen MR) is 76.6 cm³/mol. The molecule has 2 atom stereocenters. The molecule has 7 heteroatoms. The Morgan fingerprint density at radius 2 is 1.85 bits per heavy atom. The smallest absolute Gasteiger partial charge is 0.320 e. The molecule has 0 aliphatic rings. The fraction of sp³-hybridized carbons (Fsp3) is 0.769. The molecule has 118 valence electrons. The van der Waals surface area contributed by atoms with Crippen LogP contribution in [0.3, 0.4) is 0 Å². The Balaban J connectivity index is 0. The average Bonchev–Trinajstić information content (AvgIpc) is 2.26. The van der Waals surface area contributed by atoms with Gasteiger partial charge in [-0.3, -0.25) is 9.59 Å². The van der Waals surface area contributed by atoms with E-state index in [1.54, 1.807) is 27.7 Å². The summed E-state index contributed by atoms with van der Waals surface area (Å²) in [6.45, 7) is 7.16. The van der Waals surface area contributed by atoms with Gasteiger partial charge >= 0.3 is 11.9 Å². The lowest BCUT2D eigenvalue weighted by Gasteiger charge is -2.21. The van der Waals surface area contributed by atoms with E-state index in [0.29, 0.717) is 6.29 Å². The molecule has 0 radical (unpaired) electrons. The van der Waals surface area contributed by atoms with E-state index in [0.717, 1.165) is 0 Å². The average molecular weight is 310 g/mol. The van der Waals surface area contributed by atoms with Gasteiger partial charge in [0, 0.05) is 6.42 Å². The van der Waals surface area contributed by atoms with Crippen LogP contribution in [0.25, 0.3) is 0 Å². The SMILES string of the molecule is CC(CC(=O)OC(C)(C)C)C[C@H](N)C(=O)O.O=CCCl. The van der Waals surface area contributed by atoms with Gasteiger partial charge in [-0.05, 0) is 33.1 Å². The molecule has 20 heavy (non-hydrogen) atoms.